The quantitative estimate of drug-likeness (QED) is 0.312. The highest BCUT2D eigenvalue weighted by Gasteiger charge is 2.40. The van der Waals surface area contributed by atoms with Gasteiger partial charge in [0.1, 0.15) is 16.6 Å². The zero-order valence-electron chi connectivity index (χ0n) is 21.5. The molecule has 3 aromatic carbocycles. The molecule has 40 heavy (non-hydrogen) atoms. The van der Waals surface area contributed by atoms with Crippen molar-refractivity contribution in [3.63, 3.8) is 0 Å². The fourth-order valence-electron chi connectivity index (χ4n) is 4.82. The molecule has 0 radical (unpaired) electrons. The summed E-state index contributed by atoms with van der Waals surface area (Å²) in [7, 11) is -4.05. The van der Waals surface area contributed by atoms with E-state index in [2.05, 4.69) is 9.68 Å². The van der Waals surface area contributed by atoms with Crippen molar-refractivity contribution in [1.82, 2.24) is 9.62 Å². The van der Waals surface area contributed by atoms with E-state index in [1.54, 1.807) is 0 Å². The lowest BCUT2D eigenvalue weighted by Gasteiger charge is -2.24. The highest BCUT2D eigenvalue weighted by atomic mass is 32.2. The molecule has 12 heteroatoms. The summed E-state index contributed by atoms with van der Waals surface area (Å²) in [6, 6.07) is 16.4. The second-order valence-corrected chi connectivity index (χ2v) is 11.7. The predicted molar refractivity (Wildman–Crippen MR) is 149 cm³/mol. The van der Waals surface area contributed by atoms with Crippen LogP contribution in [0.4, 0.5) is 24.5 Å². The number of nitrogen functional groups attached to an aromatic ring is 1. The summed E-state index contributed by atoms with van der Waals surface area (Å²) in [6.07, 6.45) is -1.32. The Bertz CT molecular complexity index is 1480. The molecule has 1 saturated heterocycles. The number of aryl methyl sites for hydroxylation is 2. The molecule has 1 fully saturated rings. The van der Waals surface area contributed by atoms with E-state index >= 15 is 0 Å². The molecule has 7 nitrogen and oxygen atoms in total. The molecule has 0 bridgehead atoms. The van der Waals surface area contributed by atoms with Crippen molar-refractivity contribution in [2.24, 2.45) is 4.36 Å². The van der Waals surface area contributed by atoms with E-state index in [-0.39, 0.29) is 29.4 Å². The van der Waals surface area contributed by atoms with Gasteiger partial charge in [0, 0.05) is 25.5 Å². The van der Waals surface area contributed by atoms with Gasteiger partial charge in [-0.15, -0.1) is 0 Å². The smallest absolute Gasteiger partial charge is 0.397 e. The summed E-state index contributed by atoms with van der Waals surface area (Å²) in [5.41, 5.74) is 8.07. The minimum Gasteiger partial charge on any atom is -0.397 e. The summed E-state index contributed by atoms with van der Waals surface area (Å²) in [5.74, 6) is -0.394. The Balaban J connectivity index is 1.34. The Morgan fingerprint density at radius 3 is 2.40 bits per heavy atom. The van der Waals surface area contributed by atoms with E-state index in [1.807, 2.05) is 24.3 Å². The third-order valence-corrected chi connectivity index (χ3v) is 9.01. The van der Waals surface area contributed by atoms with Crippen LogP contribution >= 0.6 is 0 Å². The number of carbonyl (C=O) groups is 1. The van der Waals surface area contributed by atoms with Gasteiger partial charge in [0.05, 0.1) is 11.3 Å². The van der Waals surface area contributed by atoms with Gasteiger partial charge in [-0.05, 0) is 73.1 Å². The minimum absolute atomic E-state index is 0.00121. The number of amides is 1. The molecular weight excluding hydrogens is 561 g/mol. The fraction of sp³-hybridized carbons (Fsp3) is 0.321. The molecule has 1 unspecified atom stereocenters. The van der Waals surface area contributed by atoms with Crippen molar-refractivity contribution >= 4 is 39.7 Å². The van der Waals surface area contributed by atoms with Crippen molar-refractivity contribution in [1.29, 1.82) is 0 Å². The molecule has 0 saturated carbocycles. The number of nitrogens with one attached hydrogen (secondary N) is 1. The monoisotopic (exact) mass is 590 g/mol. The lowest BCUT2D eigenvalue weighted by Crippen LogP contribution is -2.45. The Kier molecular flexibility index (Phi) is 9.22. The lowest BCUT2D eigenvalue weighted by molar-refractivity contribution is -0.137. The average Bonchev–Trinajstić information content (AvgIpc) is 3.43. The maximum atomic E-state index is 13.4. The maximum absolute atomic E-state index is 13.4. The highest BCUT2D eigenvalue weighted by molar-refractivity contribution is 7.89. The zero-order chi connectivity index (χ0) is 28.9. The van der Waals surface area contributed by atoms with Gasteiger partial charge in [0.2, 0.25) is 15.9 Å². The molecule has 3 N–H and O–H groups in total. The Hall–Kier alpha value is -3.35. The second-order valence-electron chi connectivity index (χ2n) is 9.65. The number of halogens is 3. The Morgan fingerprint density at radius 1 is 1.02 bits per heavy atom. The van der Waals surface area contributed by atoms with Crippen LogP contribution in [0.5, 0.6) is 0 Å². The summed E-state index contributed by atoms with van der Waals surface area (Å²) in [6.45, 7) is 0.418. The van der Waals surface area contributed by atoms with E-state index in [9.17, 15) is 26.4 Å². The number of anilines is 1. The normalized spacial score (nSPS) is 16.1. The Labute approximate surface area is 236 Å². The highest BCUT2D eigenvalue weighted by Crippen LogP contribution is 2.35. The molecule has 1 heterocycles. The van der Waals surface area contributed by atoms with Crippen LogP contribution in [0, 0.1) is 0 Å². The first-order valence-electron chi connectivity index (χ1n) is 12.8. The van der Waals surface area contributed by atoms with E-state index in [4.69, 9.17) is 18.2 Å². The number of sulfonamides is 1. The predicted octanol–water partition coefficient (Wildman–Crippen LogP) is 5.29. The van der Waals surface area contributed by atoms with Crippen LogP contribution in [0.15, 0.2) is 76.0 Å². The molecule has 0 spiro atoms. The molecule has 0 aliphatic carbocycles. The molecule has 3 aromatic rings. The third-order valence-electron chi connectivity index (χ3n) is 6.88. The Morgan fingerprint density at radius 2 is 1.70 bits per heavy atom. The molecule has 1 aliphatic heterocycles. The second kappa shape index (κ2) is 12.4. The van der Waals surface area contributed by atoms with Crippen molar-refractivity contribution in [3.8, 4) is 0 Å². The number of hydrogen-bond acceptors (Lipinski definition) is 6. The third kappa shape index (κ3) is 6.86. The van der Waals surface area contributed by atoms with Crippen molar-refractivity contribution in [2.45, 2.75) is 55.8 Å². The molecule has 1 aliphatic rings. The topological polar surface area (TPSA) is 105 Å². The van der Waals surface area contributed by atoms with Crippen molar-refractivity contribution < 1.29 is 26.4 Å². The molecule has 4 rings (SSSR count). The standard InChI is InChI=1S/C28H29F3N4O3S2/c29-28(30,31)22-14-12-19(13-15-22)5-1-6-20-7-2-8-21(17-20)18-33-27(36)24-10-4-16-35(24)40(37,38)25-11-3-9-23(32)26(25)34-39/h2-3,7-9,11-15,17,24H,1,4-6,10,16,18,32H2,(H,33,36). The molecule has 0 aromatic heterocycles. The van der Waals surface area contributed by atoms with E-state index < -0.39 is 33.7 Å². The van der Waals surface area contributed by atoms with Gasteiger partial charge in [0.25, 0.3) is 0 Å². The summed E-state index contributed by atoms with van der Waals surface area (Å²) >= 11 is 4.74. The van der Waals surface area contributed by atoms with Crippen LogP contribution in [0.1, 0.15) is 41.5 Å². The minimum atomic E-state index is -4.35. The van der Waals surface area contributed by atoms with E-state index in [1.165, 1.54) is 34.6 Å². The van der Waals surface area contributed by atoms with Crippen LogP contribution in [-0.2, 0) is 52.8 Å². The lowest BCUT2D eigenvalue weighted by atomic mass is 10.0. The van der Waals surface area contributed by atoms with Gasteiger partial charge in [-0.1, -0.05) is 42.5 Å². The number of nitrogens with two attached hydrogens (primary N) is 1. The van der Waals surface area contributed by atoms with Gasteiger partial charge in [-0.25, -0.2) is 8.42 Å². The summed E-state index contributed by atoms with van der Waals surface area (Å²) in [4.78, 5) is 13.0. The van der Waals surface area contributed by atoms with Gasteiger partial charge in [0.15, 0.2) is 0 Å². The fourth-order valence-corrected chi connectivity index (χ4v) is 6.90. The van der Waals surface area contributed by atoms with Crippen molar-refractivity contribution in [2.75, 3.05) is 12.3 Å². The largest absolute Gasteiger partial charge is 0.416 e. The first-order valence-corrected chi connectivity index (χ1v) is 14.6. The van der Waals surface area contributed by atoms with Gasteiger partial charge >= 0.3 is 6.18 Å². The van der Waals surface area contributed by atoms with E-state index in [0.29, 0.717) is 25.7 Å². The number of carbonyl (C=O) groups excluding carboxylic acids is 1. The molecule has 1 atom stereocenters. The summed E-state index contributed by atoms with van der Waals surface area (Å²) < 4.78 is 69.8. The number of nitrogens with zero attached hydrogens (tertiary/aromatic N) is 2. The first-order chi connectivity index (χ1) is 19.0. The van der Waals surface area contributed by atoms with Crippen LogP contribution < -0.4 is 11.1 Å². The van der Waals surface area contributed by atoms with Crippen LogP contribution in [0.25, 0.3) is 0 Å². The maximum Gasteiger partial charge on any atom is 0.416 e. The average molecular weight is 591 g/mol. The SMILES string of the molecule is Nc1cccc(S(=O)(=O)N2CCCC2C(=O)NCc2cccc(CCCc3ccc(C(F)(F)F)cc3)c2)c1N=S. The van der Waals surface area contributed by atoms with Crippen LogP contribution in [0.2, 0.25) is 0 Å². The van der Waals surface area contributed by atoms with Crippen molar-refractivity contribution in [3.05, 3.63) is 89.0 Å². The molecule has 212 valence electrons. The zero-order valence-corrected chi connectivity index (χ0v) is 23.2. The molecule has 1 amide bonds. The van der Waals surface area contributed by atoms with E-state index in [0.717, 1.165) is 35.2 Å². The first kappa shape index (κ1) is 29.6. The van der Waals surface area contributed by atoms with Gasteiger partial charge in [-0.3, -0.25) is 4.79 Å². The van der Waals surface area contributed by atoms with Gasteiger partial charge in [-0.2, -0.15) is 21.8 Å². The number of alkyl halides is 3. The molecular formula is C28H29F3N4O3S2. The van der Waals surface area contributed by atoms with Gasteiger partial charge < -0.3 is 11.1 Å². The van der Waals surface area contributed by atoms with Crippen LogP contribution in [-0.4, -0.2) is 31.2 Å². The van der Waals surface area contributed by atoms with Crippen LogP contribution in [0.3, 0.4) is 0 Å². The number of benzene rings is 3. The number of rotatable bonds is 10. The summed E-state index contributed by atoms with van der Waals surface area (Å²) in [5, 5.41) is 2.86. The number of hydrogen-bond donors (Lipinski definition) is 2.